The molecule has 0 unspecified atom stereocenters. The maximum Gasteiger partial charge on any atom is 0.322 e. The van der Waals surface area contributed by atoms with Gasteiger partial charge in [-0.3, -0.25) is 4.57 Å². The van der Waals surface area contributed by atoms with E-state index in [0.29, 0.717) is 5.75 Å². The molecule has 0 spiro atoms. The van der Waals surface area contributed by atoms with Crippen molar-refractivity contribution in [1.29, 1.82) is 0 Å². The van der Waals surface area contributed by atoms with Gasteiger partial charge in [0.15, 0.2) is 34.0 Å². The van der Waals surface area contributed by atoms with Crippen LogP contribution >= 0.6 is 0 Å². The smallest absolute Gasteiger partial charge is 0.322 e. The van der Waals surface area contributed by atoms with Crippen LogP contribution in [-0.2, 0) is 16.6 Å². The molecule has 0 bridgehead atoms. The van der Waals surface area contributed by atoms with Crippen molar-refractivity contribution in [2.75, 3.05) is 38.1 Å². The van der Waals surface area contributed by atoms with E-state index >= 15 is 0 Å². The van der Waals surface area contributed by atoms with Gasteiger partial charge in [0, 0.05) is 44.5 Å². The Hall–Kier alpha value is -3.30. The van der Waals surface area contributed by atoms with Crippen molar-refractivity contribution >= 4 is 15.7 Å². The Labute approximate surface area is 215 Å². The Morgan fingerprint density at radius 3 is 2.18 bits per heavy atom. The van der Waals surface area contributed by atoms with Gasteiger partial charge in [-0.05, 0) is 33.0 Å². The summed E-state index contributed by atoms with van der Waals surface area (Å²) in [6.07, 6.45) is 0. The highest BCUT2D eigenvalue weighted by Gasteiger charge is 2.35. The normalized spacial score (nSPS) is 15.6. The van der Waals surface area contributed by atoms with Crippen LogP contribution in [0.25, 0.3) is 0 Å². The minimum absolute atomic E-state index is 0.00910. The highest BCUT2D eigenvalue weighted by atomic mass is 32.2. The van der Waals surface area contributed by atoms with Gasteiger partial charge in [0.2, 0.25) is 15.8 Å². The summed E-state index contributed by atoms with van der Waals surface area (Å²) < 4.78 is 103. The Morgan fingerprint density at radius 2 is 1.58 bits per heavy atom. The van der Waals surface area contributed by atoms with Gasteiger partial charge < -0.3 is 14.5 Å². The summed E-state index contributed by atoms with van der Waals surface area (Å²) in [6, 6.07) is 6.04. The van der Waals surface area contributed by atoms with Crippen LogP contribution in [0.3, 0.4) is 0 Å². The third-order valence-electron chi connectivity index (χ3n) is 6.11. The summed E-state index contributed by atoms with van der Waals surface area (Å²) in [6.45, 7) is 6.70. The molecule has 0 radical (unpaired) electrons. The second-order valence-electron chi connectivity index (χ2n) is 8.72. The predicted octanol–water partition coefficient (Wildman–Crippen LogP) is 3.58. The monoisotopic (exact) mass is 560 g/mol. The van der Waals surface area contributed by atoms with Gasteiger partial charge in [-0.2, -0.15) is 0 Å². The SMILES string of the molecule is CCn1c(Oc2cccc(N3CCN(C)CC3)c2)nnc1[C@@H](C)NS(=O)(=O)c1c(F)c(F)c(F)c(F)c1F. The van der Waals surface area contributed by atoms with Gasteiger partial charge in [-0.25, -0.2) is 35.1 Å². The summed E-state index contributed by atoms with van der Waals surface area (Å²) in [5, 5.41) is 7.88. The number of ether oxygens (including phenoxy) is 1. The van der Waals surface area contributed by atoms with Crippen molar-refractivity contribution in [3.63, 3.8) is 0 Å². The van der Waals surface area contributed by atoms with Crippen LogP contribution in [0.4, 0.5) is 27.6 Å². The van der Waals surface area contributed by atoms with E-state index in [1.807, 2.05) is 22.9 Å². The molecule has 1 aromatic heterocycles. The van der Waals surface area contributed by atoms with E-state index in [9.17, 15) is 30.4 Å². The zero-order valence-corrected chi connectivity index (χ0v) is 21.5. The summed E-state index contributed by atoms with van der Waals surface area (Å²) in [4.78, 5) is 2.45. The summed E-state index contributed by atoms with van der Waals surface area (Å²) in [5.41, 5.74) is 0.947. The molecular weight excluding hydrogens is 535 g/mol. The molecule has 15 heteroatoms. The van der Waals surface area contributed by atoms with Crippen molar-refractivity contribution in [1.82, 2.24) is 24.4 Å². The first-order chi connectivity index (χ1) is 17.9. The third kappa shape index (κ3) is 5.31. The minimum atomic E-state index is -5.20. The van der Waals surface area contributed by atoms with Crippen molar-refractivity contribution in [2.24, 2.45) is 0 Å². The minimum Gasteiger partial charge on any atom is -0.424 e. The molecule has 1 fully saturated rings. The van der Waals surface area contributed by atoms with Crippen molar-refractivity contribution in [3.8, 4) is 11.8 Å². The zero-order chi connectivity index (χ0) is 27.8. The van der Waals surface area contributed by atoms with Crippen LogP contribution in [0.2, 0.25) is 0 Å². The van der Waals surface area contributed by atoms with Crippen LogP contribution in [0, 0.1) is 29.1 Å². The molecule has 3 aromatic rings. The average molecular weight is 561 g/mol. The first-order valence-corrected chi connectivity index (χ1v) is 13.1. The molecule has 1 N–H and O–H groups in total. The number of nitrogens with zero attached hydrogens (tertiary/aromatic N) is 5. The quantitative estimate of drug-likeness (QED) is 0.256. The number of benzene rings is 2. The van der Waals surface area contributed by atoms with Gasteiger partial charge in [-0.1, -0.05) is 11.2 Å². The summed E-state index contributed by atoms with van der Waals surface area (Å²) in [5.74, 6) is -11.7. The lowest BCUT2D eigenvalue weighted by atomic mass is 10.2. The highest BCUT2D eigenvalue weighted by molar-refractivity contribution is 7.89. The standard InChI is InChI=1S/C23H25F5N6O3S/c1-4-34-22(13(2)31-38(35,36)21-19(27)17(25)16(24)18(26)20(21)28)29-30-23(34)37-15-7-5-6-14(12-15)33-10-8-32(3)9-11-33/h5-7,12-13,31H,4,8-11H2,1-3H3/t13-/m1/s1. The number of piperazine rings is 1. The van der Waals surface area contributed by atoms with Gasteiger partial charge in [0.1, 0.15) is 5.75 Å². The van der Waals surface area contributed by atoms with Crippen LogP contribution in [0.5, 0.6) is 11.8 Å². The number of aromatic nitrogens is 3. The van der Waals surface area contributed by atoms with E-state index in [2.05, 4.69) is 27.0 Å². The number of hydrogen-bond donors (Lipinski definition) is 1. The first kappa shape index (κ1) is 27.7. The van der Waals surface area contributed by atoms with Gasteiger partial charge in [-0.15, -0.1) is 5.10 Å². The second-order valence-corrected chi connectivity index (χ2v) is 10.4. The molecule has 206 valence electrons. The summed E-state index contributed by atoms with van der Waals surface area (Å²) >= 11 is 0. The third-order valence-corrected chi connectivity index (χ3v) is 7.67. The molecule has 4 rings (SSSR count). The molecule has 9 nitrogen and oxygen atoms in total. The Kier molecular flexibility index (Phi) is 7.90. The molecule has 38 heavy (non-hydrogen) atoms. The molecule has 1 aliphatic heterocycles. The van der Waals surface area contributed by atoms with E-state index in [1.165, 1.54) is 11.5 Å². The zero-order valence-electron chi connectivity index (χ0n) is 20.7. The van der Waals surface area contributed by atoms with Crippen molar-refractivity contribution in [2.45, 2.75) is 31.3 Å². The fourth-order valence-corrected chi connectivity index (χ4v) is 5.41. The fraction of sp³-hybridized carbons (Fsp3) is 0.391. The number of anilines is 1. The lowest BCUT2D eigenvalue weighted by Gasteiger charge is -2.34. The van der Waals surface area contributed by atoms with Crippen LogP contribution < -0.4 is 14.4 Å². The molecular formula is C23H25F5N6O3S. The van der Waals surface area contributed by atoms with Crippen LogP contribution in [-0.4, -0.2) is 61.3 Å². The van der Waals surface area contributed by atoms with E-state index in [0.717, 1.165) is 31.9 Å². The number of rotatable bonds is 8. The topological polar surface area (TPSA) is 92.6 Å². The molecule has 1 aliphatic rings. The van der Waals surface area contributed by atoms with E-state index in [4.69, 9.17) is 4.74 Å². The lowest BCUT2D eigenvalue weighted by Crippen LogP contribution is -2.44. The number of sulfonamides is 1. The largest absolute Gasteiger partial charge is 0.424 e. The van der Waals surface area contributed by atoms with Gasteiger partial charge in [0.05, 0.1) is 6.04 Å². The number of halogens is 5. The van der Waals surface area contributed by atoms with Gasteiger partial charge in [0.25, 0.3) is 0 Å². The molecule has 1 saturated heterocycles. The van der Waals surface area contributed by atoms with E-state index < -0.39 is 50.0 Å². The van der Waals surface area contributed by atoms with Crippen molar-refractivity contribution < 1.29 is 35.1 Å². The van der Waals surface area contributed by atoms with E-state index in [1.54, 1.807) is 13.0 Å². The number of hydrogen-bond acceptors (Lipinski definition) is 7. The maximum absolute atomic E-state index is 14.1. The Balaban J connectivity index is 1.57. The molecule has 2 aromatic carbocycles. The van der Waals surface area contributed by atoms with Crippen LogP contribution in [0.1, 0.15) is 25.7 Å². The average Bonchev–Trinajstić information content (AvgIpc) is 3.29. The first-order valence-electron chi connectivity index (χ1n) is 11.6. The molecule has 0 amide bonds. The van der Waals surface area contributed by atoms with Crippen molar-refractivity contribution in [3.05, 3.63) is 59.2 Å². The maximum atomic E-state index is 14.1. The molecule has 0 aliphatic carbocycles. The fourth-order valence-electron chi connectivity index (χ4n) is 4.07. The molecule has 1 atom stereocenters. The molecule has 0 saturated carbocycles. The summed E-state index contributed by atoms with van der Waals surface area (Å²) in [7, 11) is -3.15. The number of nitrogens with one attached hydrogen (secondary N) is 1. The Bertz CT molecular complexity index is 1410. The lowest BCUT2D eigenvalue weighted by molar-refractivity contribution is 0.312. The molecule has 2 heterocycles. The van der Waals surface area contributed by atoms with E-state index in [-0.39, 0.29) is 18.4 Å². The predicted molar refractivity (Wildman–Crippen MR) is 127 cm³/mol. The number of likely N-dealkylation sites (N-methyl/N-ethyl adjacent to an activating group) is 1. The van der Waals surface area contributed by atoms with Gasteiger partial charge >= 0.3 is 6.01 Å². The van der Waals surface area contributed by atoms with Crippen LogP contribution in [0.15, 0.2) is 29.2 Å². The second kappa shape index (κ2) is 10.8. The Morgan fingerprint density at radius 1 is 0.974 bits per heavy atom. The highest BCUT2D eigenvalue weighted by Crippen LogP contribution is 2.30.